The number of nitrogens with zero attached hydrogens (tertiary/aromatic N) is 4. The molecule has 0 aliphatic carbocycles. The van der Waals surface area contributed by atoms with Crippen molar-refractivity contribution in [3.8, 4) is 11.5 Å². The fraction of sp³-hybridized carbons (Fsp3) is 0.344. The van der Waals surface area contributed by atoms with Crippen molar-refractivity contribution in [3.63, 3.8) is 0 Å². The van der Waals surface area contributed by atoms with Crippen LogP contribution < -0.4 is 19.7 Å². The Morgan fingerprint density at radius 2 is 1.41 bits per heavy atom. The van der Waals surface area contributed by atoms with Crippen LogP contribution in [0.1, 0.15) is 49.5 Å². The lowest BCUT2D eigenvalue weighted by atomic mass is 9.85. The number of esters is 2. The van der Waals surface area contributed by atoms with Crippen LogP contribution in [0.15, 0.2) is 65.7 Å². The Morgan fingerprint density at radius 3 is 1.98 bits per heavy atom. The molecule has 1 aliphatic rings. The second-order valence-corrected chi connectivity index (χ2v) is 14.7. The van der Waals surface area contributed by atoms with Crippen LogP contribution in [-0.2, 0) is 24.8 Å². The zero-order chi connectivity index (χ0) is 37.5. The molecule has 0 bridgehead atoms. The number of hydrogen-bond acceptors (Lipinski definition) is 10. The lowest BCUT2D eigenvalue weighted by Gasteiger charge is -2.32. The van der Waals surface area contributed by atoms with Crippen molar-refractivity contribution < 1.29 is 58.6 Å². The Morgan fingerprint density at radius 1 is 0.824 bits per heavy atom. The molecule has 2 aromatic heterocycles. The average Bonchev–Trinajstić information content (AvgIpc) is 3.45. The van der Waals surface area contributed by atoms with E-state index in [4.69, 9.17) is 0 Å². The third-order valence-corrected chi connectivity index (χ3v) is 10.1. The number of piperidine rings is 1. The Labute approximate surface area is 286 Å². The average molecular weight is 742 g/mol. The highest BCUT2D eigenvalue weighted by atomic mass is 32.2. The van der Waals surface area contributed by atoms with Crippen molar-refractivity contribution in [1.29, 1.82) is 0 Å². The Hall–Kier alpha value is -5.20. The van der Waals surface area contributed by atoms with Gasteiger partial charge in [0.05, 0.1) is 21.9 Å². The van der Waals surface area contributed by atoms with Gasteiger partial charge in [0.2, 0.25) is 0 Å². The number of imidazole rings is 1. The van der Waals surface area contributed by atoms with E-state index in [0.29, 0.717) is 31.7 Å². The van der Waals surface area contributed by atoms with E-state index in [1.54, 1.807) is 36.4 Å². The number of rotatable bonds is 7. The topological polar surface area (TPSA) is 149 Å². The first kappa shape index (κ1) is 37.1. The second-order valence-electron chi connectivity index (χ2n) is 12.5. The van der Waals surface area contributed by atoms with Gasteiger partial charge in [0.25, 0.3) is 5.91 Å². The van der Waals surface area contributed by atoms with Gasteiger partial charge in [0, 0.05) is 18.7 Å². The summed E-state index contributed by atoms with van der Waals surface area (Å²) in [5.74, 6) is -9.35. The van der Waals surface area contributed by atoms with Gasteiger partial charge in [-0.05, 0) is 48.6 Å². The fourth-order valence-electron chi connectivity index (χ4n) is 5.32. The molecule has 1 amide bonds. The number of sulfone groups is 1. The molecule has 0 saturated carbocycles. The van der Waals surface area contributed by atoms with Crippen LogP contribution in [0, 0.1) is 0 Å². The van der Waals surface area contributed by atoms with E-state index in [0.717, 1.165) is 12.1 Å². The zero-order valence-electron chi connectivity index (χ0n) is 27.0. The smallest absolute Gasteiger partial charge is 0.416 e. The van der Waals surface area contributed by atoms with Crippen LogP contribution in [0.25, 0.3) is 5.65 Å². The number of benzene rings is 2. The minimum Gasteiger partial charge on any atom is -0.416 e. The van der Waals surface area contributed by atoms with Crippen molar-refractivity contribution in [2.75, 3.05) is 23.3 Å². The number of carbonyl (C=O) groups is 3. The molecule has 1 fully saturated rings. The summed E-state index contributed by atoms with van der Waals surface area (Å²) in [7, 11) is -3.54. The summed E-state index contributed by atoms with van der Waals surface area (Å²) < 4.78 is 116. The molecule has 1 saturated heterocycles. The second kappa shape index (κ2) is 13.5. The molecule has 4 aromatic rings. The number of nitrogens with one attached hydrogen (secondary N) is 1. The Balaban J connectivity index is 1.41. The van der Waals surface area contributed by atoms with Crippen LogP contribution in [0.3, 0.4) is 0 Å². The highest BCUT2D eigenvalue weighted by molar-refractivity contribution is 7.92. The van der Waals surface area contributed by atoms with E-state index in [2.05, 4.69) is 24.9 Å². The van der Waals surface area contributed by atoms with Crippen LogP contribution in [0.4, 0.5) is 38.0 Å². The van der Waals surface area contributed by atoms with E-state index in [9.17, 15) is 49.1 Å². The largest absolute Gasteiger partial charge is 0.491 e. The Kier molecular flexibility index (Phi) is 9.81. The third-order valence-electron chi connectivity index (χ3n) is 7.84. The Bertz CT molecular complexity index is 2090. The molecule has 0 radical (unpaired) electrons. The van der Waals surface area contributed by atoms with Crippen molar-refractivity contribution in [2.45, 2.75) is 61.5 Å². The van der Waals surface area contributed by atoms with Crippen molar-refractivity contribution >= 4 is 45.0 Å². The van der Waals surface area contributed by atoms with Gasteiger partial charge in [-0.3, -0.25) is 4.79 Å². The minimum absolute atomic E-state index is 0.196. The van der Waals surface area contributed by atoms with Crippen molar-refractivity contribution in [3.05, 3.63) is 71.9 Å². The molecule has 0 spiro atoms. The maximum atomic E-state index is 13.4. The molecule has 5 rings (SSSR count). The number of alkyl halides is 6. The number of ether oxygens (including phenoxy) is 2. The molecule has 2 aromatic carbocycles. The van der Waals surface area contributed by atoms with E-state index in [1.807, 2.05) is 4.90 Å². The summed E-state index contributed by atoms with van der Waals surface area (Å²) in [6, 6.07) is 13.2. The van der Waals surface area contributed by atoms with Crippen LogP contribution >= 0.6 is 0 Å². The number of carbonyl (C=O) groups excluding carboxylic acids is 3. The summed E-state index contributed by atoms with van der Waals surface area (Å²) in [5.41, 5.74) is -2.16. The molecule has 1 N–H and O–H groups in total. The number of amides is 1. The summed E-state index contributed by atoms with van der Waals surface area (Å²) >= 11 is 0. The number of halogens is 6. The normalized spacial score (nSPS) is 14.7. The predicted molar refractivity (Wildman–Crippen MR) is 168 cm³/mol. The molecule has 3 heterocycles. The fourth-order valence-corrected chi connectivity index (χ4v) is 7.07. The lowest BCUT2D eigenvalue weighted by molar-refractivity contribution is -0.191. The van der Waals surface area contributed by atoms with Gasteiger partial charge >= 0.3 is 24.3 Å². The molecule has 12 nitrogen and oxygen atoms in total. The molecular formula is C32H29F6N5O7S. The van der Waals surface area contributed by atoms with Gasteiger partial charge in [0.1, 0.15) is 5.82 Å². The summed E-state index contributed by atoms with van der Waals surface area (Å²) in [4.78, 5) is 43.4. The van der Waals surface area contributed by atoms with E-state index in [-0.39, 0.29) is 21.9 Å². The summed E-state index contributed by atoms with van der Waals surface area (Å²) in [6.07, 6.45) is -9.35. The molecule has 51 heavy (non-hydrogen) atoms. The molecular weight excluding hydrogens is 712 g/mol. The maximum Gasteiger partial charge on any atom is 0.491 e. The van der Waals surface area contributed by atoms with Gasteiger partial charge in [-0.15, -0.1) is 5.10 Å². The maximum absolute atomic E-state index is 13.4. The van der Waals surface area contributed by atoms with Gasteiger partial charge in [-0.2, -0.15) is 26.3 Å². The summed E-state index contributed by atoms with van der Waals surface area (Å²) in [6.45, 7) is 5.00. The van der Waals surface area contributed by atoms with Crippen molar-refractivity contribution in [1.82, 2.24) is 14.6 Å². The SMILES string of the molecule is CC(C)(C)c1ccc(C(=O)Nc2cn3nc(N4CCC(S(=O)(=O)c5ccccc5)CC4)ccc3n2)c(OC(=O)C(F)(F)F)c1OC(=O)C(F)(F)F. The van der Waals surface area contributed by atoms with E-state index < -0.39 is 67.8 Å². The van der Waals surface area contributed by atoms with Crippen molar-refractivity contribution in [2.24, 2.45) is 0 Å². The third kappa shape index (κ3) is 8.08. The van der Waals surface area contributed by atoms with Gasteiger partial charge < -0.3 is 19.7 Å². The number of hydrogen-bond donors (Lipinski definition) is 1. The quantitative estimate of drug-likeness (QED) is 0.143. The first-order valence-corrected chi connectivity index (χ1v) is 16.7. The monoisotopic (exact) mass is 741 g/mol. The molecule has 272 valence electrons. The van der Waals surface area contributed by atoms with Crippen LogP contribution in [0.5, 0.6) is 11.5 Å². The first-order valence-electron chi connectivity index (χ1n) is 15.1. The zero-order valence-corrected chi connectivity index (χ0v) is 27.8. The van der Waals surface area contributed by atoms with Gasteiger partial charge in [-0.25, -0.2) is 27.5 Å². The number of fused-ring (bicyclic) bond motifs is 1. The van der Waals surface area contributed by atoms with E-state index >= 15 is 0 Å². The highest BCUT2D eigenvalue weighted by Gasteiger charge is 2.46. The summed E-state index contributed by atoms with van der Waals surface area (Å²) in [5, 5.41) is 6.15. The van der Waals surface area contributed by atoms with E-state index in [1.165, 1.54) is 37.5 Å². The minimum atomic E-state index is -5.65. The van der Waals surface area contributed by atoms with Gasteiger partial charge in [-0.1, -0.05) is 45.0 Å². The van der Waals surface area contributed by atoms with Crippen LogP contribution in [-0.4, -0.2) is 71.6 Å². The number of aromatic nitrogens is 3. The molecule has 0 unspecified atom stereocenters. The molecule has 19 heteroatoms. The lowest BCUT2D eigenvalue weighted by Crippen LogP contribution is -2.39. The molecule has 0 atom stereocenters. The van der Waals surface area contributed by atoms with Gasteiger partial charge in [0.15, 0.2) is 32.8 Å². The van der Waals surface area contributed by atoms with Crippen LogP contribution in [0.2, 0.25) is 0 Å². The predicted octanol–water partition coefficient (Wildman–Crippen LogP) is 5.66. The standard InChI is InChI=1S/C32H29F6N5O7S/c1-30(2,3)21-10-9-20(25(49-28(45)31(33,34)35)26(21)50-29(46)32(36,37)38)27(44)40-22-17-43-23(39-22)11-12-24(41-43)42-15-13-19(14-16-42)51(47,48)18-7-5-4-6-8-18/h4-12,17,19H,13-16H2,1-3H3,(H,40,44). The molecule has 1 aliphatic heterocycles. The highest BCUT2D eigenvalue weighted by Crippen LogP contribution is 2.43. The number of anilines is 2. The first-order chi connectivity index (χ1) is 23.7.